The van der Waals surface area contributed by atoms with E-state index in [2.05, 4.69) is 9.72 Å². The summed E-state index contributed by atoms with van der Waals surface area (Å²) in [5.41, 5.74) is 0.498. The van der Waals surface area contributed by atoms with E-state index in [1.807, 2.05) is 0 Å². The van der Waals surface area contributed by atoms with Gasteiger partial charge in [0.2, 0.25) is 5.90 Å². The second-order valence-electron chi connectivity index (χ2n) is 2.12. The van der Waals surface area contributed by atoms with Gasteiger partial charge < -0.3 is 9.47 Å². The molecule has 1 aromatic heterocycles. The van der Waals surface area contributed by atoms with E-state index in [9.17, 15) is 0 Å². The predicted molar refractivity (Wildman–Crippen MR) is 44.6 cm³/mol. The number of nitrogens with one attached hydrogen (secondary N) is 1. The van der Waals surface area contributed by atoms with Gasteiger partial charge in [-0.1, -0.05) is 0 Å². The Morgan fingerprint density at radius 3 is 2.58 bits per heavy atom. The van der Waals surface area contributed by atoms with E-state index in [-0.39, 0.29) is 5.90 Å². The average Bonchev–Trinajstić information content (AvgIpc) is 2.17. The summed E-state index contributed by atoms with van der Waals surface area (Å²) in [5.74, 6) is 0.723. The zero-order chi connectivity index (χ0) is 8.97. The molecule has 0 unspecified atom stereocenters. The number of aromatic nitrogens is 1. The molecular formula is C8H10N2O2. The first-order valence-electron chi connectivity index (χ1n) is 3.41. The maximum Gasteiger partial charge on any atom is 0.232 e. The molecular weight excluding hydrogens is 156 g/mol. The zero-order valence-corrected chi connectivity index (χ0v) is 7.00. The third kappa shape index (κ3) is 1.72. The van der Waals surface area contributed by atoms with Crippen LogP contribution < -0.4 is 4.74 Å². The van der Waals surface area contributed by atoms with Crippen LogP contribution in [-0.4, -0.2) is 25.1 Å². The molecule has 0 aliphatic rings. The lowest BCUT2D eigenvalue weighted by atomic mass is 10.3. The van der Waals surface area contributed by atoms with Crippen LogP contribution in [0.2, 0.25) is 0 Å². The van der Waals surface area contributed by atoms with Crippen LogP contribution in [0.4, 0.5) is 0 Å². The first kappa shape index (κ1) is 8.52. The second-order valence-corrected chi connectivity index (χ2v) is 2.12. The predicted octanol–water partition coefficient (Wildman–Crippen LogP) is 1.06. The number of nitrogens with zero attached hydrogens (tertiary/aromatic N) is 1. The number of ether oxygens (including phenoxy) is 2. The lowest BCUT2D eigenvalue weighted by molar-refractivity contribution is 0.398. The molecule has 0 saturated carbocycles. The van der Waals surface area contributed by atoms with Gasteiger partial charge in [0, 0.05) is 0 Å². The Kier molecular flexibility index (Phi) is 2.63. The van der Waals surface area contributed by atoms with E-state index < -0.39 is 0 Å². The van der Waals surface area contributed by atoms with Gasteiger partial charge in [-0.05, 0) is 12.1 Å². The number of hydrogen-bond donors (Lipinski definition) is 1. The molecule has 0 spiro atoms. The molecule has 0 saturated heterocycles. The minimum atomic E-state index is 0.0534. The Morgan fingerprint density at radius 2 is 2.17 bits per heavy atom. The lowest BCUT2D eigenvalue weighted by Crippen LogP contribution is -2.03. The molecule has 1 N–H and O–H groups in total. The molecule has 1 heterocycles. The molecule has 4 heteroatoms. The van der Waals surface area contributed by atoms with Crippen LogP contribution in [0.15, 0.2) is 18.3 Å². The highest BCUT2D eigenvalue weighted by atomic mass is 16.5. The summed E-state index contributed by atoms with van der Waals surface area (Å²) in [5, 5.41) is 7.28. The van der Waals surface area contributed by atoms with E-state index in [1.54, 1.807) is 25.4 Å². The molecule has 0 aliphatic carbocycles. The summed E-state index contributed by atoms with van der Waals surface area (Å²) in [6.07, 6.45) is 1.54. The number of hydrogen-bond acceptors (Lipinski definition) is 4. The van der Waals surface area contributed by atoms with Gasteiger partial charge in [-0.25, -0.2) is 4.98 Å². The molecule has 0 aromatic carbocycles. The van der Waals surface area contributed by atoms with Crippen molar-refractivity contribution < 1.29 is 9.47 Å². The quantitative estimate of drug-likeness (QED) is 0.528. The normalized spacial score (nSPS) is 9.17. The SMILES string of the molecule is COC(=N)c1ccc(OC)cn1. The van der Waals surface area contributed by atoms with Crippen LogP contribution in [0, 0.1) is 5.41 Å². The van der Waals surface area contributed by atoms with Gasteiger partial charge >= 0.3 is 0 Å². The van der Waals surface area contributed by atoms with Gasteiger partial charge in [0.25, 0.3) is 0 Å². The fourth-order valence-electron chi connectivity index (χ4n) is 0.740. The fraction of sp³-hybridized carbons (Fsp3) is 0.250. The minimum absolute atomic E-state index is 0.0534. The monoisotopic (exact) mass is 166 g/mol. The lowest BCUT2D eigenvalue weighted by Gasteiger charge is -2.01. The van der Waals surface area contributed by atoms with Crippen molar-refractivity contribution in [1.29, 1.82) is 5.41 Å². The first-order valence-corrected chi connectivity index (χ1v) is 3.41. The van der Waals surface area contributed by atoms with E-state index >= 15 is 0 Å². The van der Waals surface area contributed by atoms with Gasteiger partial charge in [-0.3, -0.25) is 5.41 Å². The van der Waals surface area contributed by atoms with E-state index in [1.165, 1.54) is 7.11 Å². The Hall–Kier alpha value is -1.58. The van der Waals surface area contributed by atoms with Gasteiger partial charge in [0.15, 0.2) is 0 Å². The standard InChI is InChI=1S/C8H10N2O2/c1-11-6-3-4-7(10-5-6)8(9)12-2/h3-5,9H,1-2H3. The van der Waals surface area contributed by atoms with Crippen molar-refractivity contribution in [1.82, 2.24) is 4.98 Å². The van der Waals surface area contributed by atoms with Crippen LogP contribution in [0.25, 0.3) is 0 Å². The van der Waals surface area contributed by atoms with Gasteiger partial charge in [0.1, 0.15) is 11.4 Å². The highest BCUT2D eigenvalue weighted by Crippen LogP contribution is 2.07. The summed E-state index contributed by atoms with van der Waals surface area (Å²) < 4.78 is 9.60. The topological polar surface area (TPSA) is 55.2 Å². The van der Waals surface area contributed by atoms with Gasteiger partial charge in [-0.2, -0.15) is 0 Å². The summed E-state index contributed by atoms with van der Waals surface area (Å²) in [4.78, 5) is 3.95. The molecule has 1 aromatic rings. The molecule has 12 heavy (non-hydrogen) atoms. The second kappa shape index (κ2) is 3.71. The minimum Gasteiger partial charge on any atom is -0.495 e. The molecule has 0 atom stereocenters. The Balaban J connectivity index is 2.84. The van der Waals surface area contributed by atoms with Crippen LogP contribution >= 0.6 is 0 Å². The molecule has 1 rings (SSSR count). The van der Waals surface area contributed by atoms with Crippen molar-refractivity contribution in [2.75, 3.05) is 14.2 Å². The molecule has 4 nitrogen and oxygen atoms in total. The molecule has 0 bridgehead atoms. The third-order valence-corrected chi connectivity index (χ3v) is 1.41. The van der Waals surface area contributed by atoms with Crippen LogP contribution in [0.5, 0.6) is 5.75 Å². The fourth-order valence-corrected chi connectivity index (χ4v) is 0.740. The van der Waals surface area contributed by atoms with Crippen LogP contribution in [-0.2, 0) is 4.74 Å². The molecule has 64 valence electrons. The average molecular weight is 166 g/mol. The van der Waals surface area contributed by atoms with Crippen molar-refractivity contribution in [3.63, 3.8) is 0 Å². The zero-order valence-electron chi connectivity index (χ0n) is 7.00. The maximum absolute atomic E-state index is 7.28. The smallest absolute Gasteiger partial charge is 0.232 e. The van der Waals surface area contributed by atoms with E-state index in [0.717, 1.165) is 0 Å². The Bertz CT molecular complexity index is 269. The highest BCUT2D eigenvalue weighted by molar-refractivity contribution is 5.89. The number of rotatable bonds is 2. The van der Waals surface area contributed by atoms with E-state index in [0.29, 0.717) is 11.4 Å². The summed E-state index contributed by atoms with van der Waals surface area (Å²) in [6.45, 7) is 0. The van der Waals surface area contributed by atoms with Crippen molar-refractivity contribution in [2.45, 2.75) is 0 Å². The molecule has 0 amide bonds. The largest absolute Gasteiger partial charge is 0.495 e. The number of methoxy groups -OCH3 is 2. The molecule has 0 aliphatic heterocycles. The van der Waals surface area contributed by atoms with Gasteiger partial charge in [0.05, 0.1) is 20.4 Å². The van der Waals surface area contributed by atoms with Crippen LogP contribution in [0.1, 0.15) is 5.69 Å². The molecule has 0 fully saturated rings. The summed E-state index contributed by atoms with van der Waals surface area (Å²) in [6, 6.07) is 3.40. The van der Waals surface area contributed by atoms with Crippen molar-refractivity contribution in [3.05, 3.63) is 24.0 Å². The summed E-state index contributed by atoms with van der Waals surface area (Å²) in [7, 11) is 3.01. The Labute approximate surface area is 70.7 Å². The van der Waals surface area contributed by atoms with Crippen molar-refractivity contribution >= 4 is 5.90 Å². The first-order chi connectivity index (χ1) is 5.77. The van der Waals surface area contributed by atoms with Crippen molar-refractivity contribution in [3.8, 4) is 5.75 Å². The van der Waals surface area contributed by atoms with E-state index in [4.69, 9.17) is 10.1 Å². The number of pyridine rings is 1. The van der Waals surface area contributed by atoms with Crippen LogP contribution in [0.3, 0.4) is 0 Å². The van der Waals surface area contributed by atoms with Crippen molar-refractivity contribution in [2.24, 2.45) is 0 Å². The Morgan fingerprint density at radius 1 is 1.42 bits per heavy atom. The summed E-state index contributed by atoms with van der Waals surface area (Å²) >= 11 is 0. The third-order valence-electron chi connectivity index (χ3n) is 1.41. The van der Waals surface area contributed by atoms with Gasteiger partial charge in [-0.15, -0.1) is 0 Å². The maximum atomic E-state index is 7.28. The highest BCUT2D eigenvalue weighted by Gasteiger charge is 2.01. The molecule has 0 radical (unpaired) electrons.